The Morgan fingerprint density at radius 2 is 1.78 bits per heavy atom. The van der Waals surface area contributed by atoms with E-state index in [2.05, 4.69) is 50.2 Å². The molecule has 1 N–H and O–H groups in total. The summed E-state index contributed by atoms with van der Waals surface area (Å²) in [6.45, 7) is 0. The third-order valence-electron chi connectivity index (χ3n) is 3.74. The Morgan fingerprint density at radius 3 is 2.57 bits per heavy atom. The molecular weight excluding hydrogens is 370 g/mol. The quantitative estimate of drug-likeness (QED) is 0.465. The van der Waals surface area contributed by atoms with Crippen LogP contribution in [-0.4, -0.2) is 14.4 Å². The molecule has 0 spiro atoms. The van der Waals surface area contributed by atoms with Gasteiger partial charge in [-0.2, -0.15) is 0 Å². The number of aromatic nitrogens is 3. The first kappa shape index (κ1) is 14.4. The number of hydrogen-bond donors (Lipinski definition) is 1. The van der Waals surface area contributed by atoms with Gasteiger partial charge in [-0.1, -0.05) is 58.4 Å². The number of benzene rings is 2. The average molecular weight is 382 g/mol. The smallest absolute Gasteiger partial charge is 0.205 e. The number of rotatable bonds is 2. The van der Waals surface area contributed by atoms with Crippen LogP contribution in [0.3, 0.4) is 0 Å². The fourth-order valence-corrected chi connectivity index (χ4v) is 3.23. The molecule has 112 valence electrons. The summed E-state index contributed by atoms with van der Waals surface area (Å²) in [5.74, 6) is 0. The highest BCUT2D eigenvalue weighted by atomic mass is 79.9. The lowest BCUT2D eigenvalue weighted by Crippen LogP contribution is -1.92. The van der Waals surface area contributed by atoms with Crippen LogP contribution in [0.1, 0.15) is 0 Å². The Kier molecular flexibility index (Phi) is 3.59. The summed E-state index contributed by atoms with van der Waals surface area (Å²) in [4.78, 5) is 7.84. The lowest BCUT2D eigenvalue weighted by molar-refractivity contribution is 1.06. The van der Waals surface area contributed by atoms with Crippen molar-refractivity contribution >= 4 is 33.8 Å². The molecule has 0 saturated carbocycles. The number of hydrogen-bond acceptors (Lipinski definition) is 2. The van der Waals surface area contributed by atoms with Crippen molar-refractivity contribution in [3.8, 4) is 22.4 Å². The number of nitrogens with one attached hydrogen (secondary N) is 1. The minimum absolute atomic E-state index is 0.539. The van der Waals surface area contributed by atoms with Crippen LogP contribution in [0.2, 0.25) is 0 Å². The van der Waals surface area contributed by atoms with Gasteiger partial charge in [-0.25, -0.2) is 4.98 Å². The van der Waals surface area contributed by atoms with Gasteiger partial charge in [0.2, 0.25) is 4.77 Å². The Morgan fingerprint density at radius 1 is 1.00 bits per heavy atom. The van der Waals surface area contributed by atoms with Crippen LogP contribution in [0.5, 0.6) is 0 Å². The minimum Gasteiger partial charge on any atom is -0.339 e. The number of aromatic amines is 1. The van der Waals surface area contributed by atoms with Crippen molar-refractivity contribution in [3.63, 3.8) is 0 Å². The molecule has 0 fully saturated rings. The van der Waals surface area contributed by atoms with E-state index < -0.39 is 0 Å². The maximum Gasteiger partial charge on any atom is 0.205 e. The summed E-state index contributed by atoms with van der Waals surface area (Å²) in [7, 11) is 0. The summed E-state index contributed by atoms with van der Waals surface area (Å²) in [6.07, 6.45) is 3.83. The molecule has 2 heterocycles. The highest BCUT2D eigenvalue weighted by Gasteiger charge is 2.10. The lowest BCUT2D eigenvalue weighted by Gasteiger charge is -2.03. The van der Waals surface area contributed by atoms with E-state index in [0.717, 1.165) is 32.5 Å². The van der Waals surface area contributed by atoms with Gasteiger partial charge >= 0.3 is 0 Å². The number of nitrogens with zero attached hydrogens (tertiary/aromatic N) is 2. The van der Waals surface area contributed by atoms with Gasteiger partial charge in [0.25, 0.3) is 0 Å². The van der Waals surface area contributed by atoms with Crippen LogP contribution in [0, 0.1) is 4.77 Å². The van der Waals surface area contributed by atoms with Gasteiger partial charge < -0.3 is 4.98 Å². The number of imidazole rings is 1. The molecule has 23 heavy (non-hydrogen) atoms. The fraction of sp³-hybridized carbons (Fsp3) is 0. The fourth-order valence-electron chi connectivity index (χ4n) is 2.64. The van der Waals surface area contributed by atoms with Crippen LogP contribution >= 0.6 is 28.1 Å². The summed E-state index contributed by atoms with van der Waals surface area (Å²) >= 11 is 8.89. The summed E-state index contributed by atoms with van der Waals surface area (Å²) < 4.78 is 3.50. The minimum atomic E-state index is 0.539. The molecule has 4 aromatic rings. The van der Waals surface area contributed by atoms with Crippen molar-refractivity contribution in [2.75, 3.05) is 0 Å². The number of H-pyrrole nitrogens is 1. The molecule has 0 amide bonds. The van der Waals surface area contributed by atoms with Crippen LogP contribution < -0.4 is 0 Å². The van der Waals surface area contributed by atoms with Gasteiger partial charge in [0.05, 0.1) is 5.69 Å². The molecular formula is C18H12BrN3S. The first-order valence-corrected chi connectivity index (χ1v) is 8.34. The second-order valence-corrected chi connectivity index (χ2v) is 6.50. The first-order valence-electron chi connectivity index (χ1n) is 7.14. The van der Waals surface area contributed by atoms with E-state index in [1.165, 1.54) is 0 Å². The van der Waals surface area contributed by atoms with Crippen molar-refractivity contribution in [1.29, 1.82) is 0 Å². The molecule has 0 unspecified atom stereocenters. The van der Waals surface area contributed by atoms with Gasteiger partial charge in [0.15, 0.2) is 0 Å². The normalized spacial score (nSPS) is 11.0. The van der Waals surface area contributed by atoms with Gasteiger partial charge in [0.1, 0.15) is 5.65 Å². The maximum atomic E-state index is 5.37. The molecule has 5 heteroatoms. The molecule has 2 aromatic carbocycles. The molecule has 0 saturated heterocycles. The van der Waals surface area contributed by atoms with Crippen molar-refractivity contribution < 1.29 is 0 Å². The predicted molar refractivity (Wildman–Crippen MR) is 98.9 cm³/mol. The van der Waals surface area contributed by atoms with Gasteiger partial charge in [-0.05, 0) is 29.9 Å². The van der Waals surface area contributed by atoms with Crippen LogP contribution in [0.4, 0.5) is 0 Å². The Labute approximate surface area is 146 Å². The van der Waals surface area contributed by atoms with E-state index in [1.54, 1.807) is 0 Å². The SMILES string of the molecule is S=c1ncc(-c2ccccc2)c2[nH]c(-c3cccc(Br)c3)cn12. The molecule has 0 radical (unpaired) electrons. The van der Waals surface area contributed by atoms with Crippen molar-refractivity contribution in [1.82, 2.24) is 14.4 Å². The zero-order valence-corrected chi connectivity index (χ0v) is 14.4. The first-order chi connectivity index (χ1) is 11.2. The van der Waals surface area contributed by atoms with Crippen LogP contribution in [-0.2, 0) is 0 Å². The van der Waals surface area contributed by atoms with Gasteiger partial charge in [-0.15, -0.1) is 0 Å². The molecule has 0 aliphatic heterocycles. The largest absolute Gasteiger partial charge is 0.339 e. The Balaban J connectivity index is 1.98. The van der Waals surface area contributed by atoms with Crippen molar-refractivity contribution in [2.24, 2.45) is 0 Å². The number of fused-ring (bicyclic) bond motifs is 1. The van der Waals surface area contributed by atoms with E-state index in [4.69, 9.17) is 12.2 Å². The van der Waals surface area contributed by atoms with Gasteiger partial charge in [0, 0.05) is 28.0 Å². The third-order valence-corrected chi connectivity index (χ3v) is 4.53. The average Bonchev–Trinajstić information content (AvgIpc) is 3.02. The Bertz CT molecular complexity index is 1050. The van der Waals surface area contributed by atoms with Crippen molar-refractivity contribution in [2.45, 2.75) is 0 Å². The van der Waals surface area contributed by atoms with Gasteiger partial charge in [-0.3, -0.25) is 4.40 Å². The summed E-state index contributed by atoms with van der Waals surface area (Å²) in [5, 5.41) is 0. The highest BCUT2D eigenvalue weighted by Crippen LogP contribution is 2.27. The third kappa shape index (κ3) is 2.62. The summed E-state index contributed by atoms with van der Waals surface area (Å²) in [5.41, 5.74) is 5.18. The molecule has 0 atom stereocenters. The standard InChI is InChI=1S/C18H12BrN3S/c19-14-8-4-7-13(9-14)16-11-22-17(21-16)15(10-20-18(22)23)12-5-2-1-3-6-12/h1-11,21H. The zero-order valence-electron chi connectivity index (χ0n) is 12.0. The highest BCUT2D eigenvalue weighted by molar-refractivity contribution is 9.10. The molecule has 3 nitrogen and oxygen atoms in total. The maximum absolute atomic E-state index is 5.37. The molecule has 0 aliphatic carbocycles. The van der Waals surface area contributed by atoms with E-state index in [0.29, 0.717) is 4.77 Å². The molecule has 0 bridgehead atoms. The molecule has 0 aliphatic rings. The van der Waals surface area contributed by atoms with E-state index in [1.807, 2.05) is 47.1 Å². The van der Waals surface area contributed by atoms with Crippen molar-refractivity contribution in [3.05, 3.63) is 76.2 Å². The predicted octanol–water partition coefficient (Wildman–Crippen LogP) is 5.49. The second kappa shape index (κ2) is 5.76. The molecule has 4 rings (SSSR count). The lowest BCUT2D eigenvalue weighted by atomic mass is 10.1. The van der Waals surface area contributed by atoms with Crippen LogP contribution in [0.15, 0.2) is 71.5 Å². The molecule has 2 aromatic heterocycles. The Hall–Kier alpha value is -2.24. The summed E-state index contributed by atoms with van der Waals surface area (Å²) in [6, 6.07) is 18.3. The van der Waals surface area contributed by atoms with E-state index >= 15 is 0 Å². The number of halogens is 1. The van der Waals surface area contributed by atoms with E-state index in [-0.39, 0.29) is 0 Å². The zero-order chi connectivity index (χ0) is 15.8. The van der Waals surface area contributed by atoms with Crippen LogP contribution in [0.25, 0.3) is 28.0 Å². The van der Waals surface area contributed by atoms with E-state index in [9.17, 15) is 0 Å². The monoisotopic (exact) mass is 381 g/mol. The second-order valence-electron chi connectivity index (χ2n) is 5.22. The topological polar surface area (TPSA) is 33.1 Å².